The Kier molecular flexibility index (Phi) is 5.30. The molecule has 2 heteroatoms. The Morgan fingerprint density at radius 2 is 1.69 bits per heavy atom. The summed E-state index contributed by atoms with van der Waals surface area (Å²) in [6, 6.07) is 11.0. The van der Waals surface area contributed by atoms with E-state index in [9.17, 15) is 0 Å². The third-order valence-electron chi connectivity index (χ3n) is 3.71. The van der Waals surface area contributed by atoms with Gasteiger partial charge in [0.15, 0.2) is 0 Å². The summed E-state index contributed by atoms with van der Waals surface area (Å²) in [5.74, 6) is 0. The molecule has 0 atom stereocenters. The molecule has 0 radical (unpaired) electrons. The zero-order valence-corrected chi connectivity index (χ0v) is 10.9. The van der Waals surface area contributed by atoms with Crippen LogP contribution in [0.3, 0.4) is 0 Å². The van der Waals surface area contributed by atoms with Crippen LogP contribution in [0.25, 0.3) is 0 Å². The molecule has 16 heavy (non-hydrogen) atoms. The van der Waals surface area contributed by atoms with Crippen LogP contribution in [0, 0.1) is 0 Å². The Morgan fingerprint density at radius 1 is 1.06 bits per heavy atom. The van der Waals surface area contributed by atoms with E-state index < -0.39 is 0 Å². The molecule has 0 amide bonds. The highest BCUT2D eigenvalue weighted by molar-refractivity contribution is 5.85. The van der Waals surface area contributed by atoms with Gasteiger partial charge in [-0.2, -0.15) is 0 Å². The van der Waals surface area contributed by atoms with Gasteiger partial charge < -0.3 is 5.32 Å². The van der Waals surface area contributed by atoms with E-state index in [-0.39, 0.29) is 12.4 Å². The van der Waals surface area contributed by atoms with Gasteiger partial charge in [-0.05, 0) is 25.5 Å². The average Bonchev–Trinajstić information content (AvgIpc) is 2.32. The molecule has 1 aliphatic carbocycles. The summed E-state index contributed by atoms with van der Waals surface area (Å²) in [5, 5.41) is 3.38. The Labute approximate surface area is 105 Å². The second-order valence-electron chi connectivity index (χ2n) is 4.74. The van der Waals surface area contributed by atoms with Crippen LogP contribution in [0.4, 0.5) is 0 Å². The van der Waals surface area contributed by atoms with Crippen molar-refractivity contribution in [3.8, 4) is 0 Å². The Morgan fingerprint density at radius 3 is 2.25 bits per heavy atom. The molecule has 90 valence electrons. The SMILES string of the molecule is CNCC1(c2ccccc2)CCCCC1.Cl. The number of hydrogen-bond donors (Lipinski definition) is 1. The van der Waals surface area contributed by atoms with Crippen molar-refractivity contribution in [2.45, 2.75) is 37.5 Å². The molecular formula is C14H22ClN. The van der Waals surface area contributed by atoms with Crippen LogP contribution in [0.5, 0.6) is 0 Å². The second-order valence-corrected chi connectivity index (χ2v) is 4.74. The molecule has 1 saturated carbocycles. The fraction of sp³-hybridized carbons (Fsp3) is 0.571. The molecule has 0 unspecified atom stereocenters. The van der Waals surface area contributed by atoms with Crippen molar-refractivity contribution in [3.63, 3.8) is 0 Å². The fourth-order valence-electron chi connectivity index (χ4n) is 2.93. The summed E-state index contributed by atoms with van der Waals surface area (Å²) in [4.78, 5) is 0. The topological polar surface area (TPSA) is 12.0 Å². The maximum Gasteiger partial charge on any atom is 0.00776 e. The largest absolute Gasteiger partial charge is 0.319 e. The van der Waals surface area contributed by atoms with Crippen LogP contribution in [-0.4, -0.2) is 13.6 Å². The molecule has 0 aliphatic heterocycles. The van der Waals surface area contributed by atoms with E-state index in [0.717, 1.165) is 6.54 Å². The van der Waals surface area contributed by atoms with Gasteiger partial charge in [0.2, 0.25) is 0 Å². The molecule has 1 nitrogen and oxygen atoms in total. The summed E-state index contributed by atoms with van der Waals surface area (Å²) in [5.41, 5.74) is 1.94. The maximum absolute atomic E-state index is 3.38. The molecule has 0 spiro atoms. The minimum atomic E-state index is 0. The van der Waals surface area contributed by atoms with Crippen molar-refractivity contribution in [3.05, 3.63) is 35.9 Å². The summed E-state index contributed by atoms with van der Waals surface area (Å²) in [6.45, 7) is 1.12. The Balaban J connectivity index is 0.00000128. The molecule has 1 N–H and O–H groups in total. The van der Waals surface area contributed by atoms with Crippen molar-refractivity contribution in [2.75, 3.05) is 13.6 Å². The van der Waals surface area contributed by atoms with Crippen LogP contribution in [0.1, 0.15) is 37.7 Å². The number of hydrogen-bond acceptors (Lipinski definition) is 1. The van der Waals surface area contributed by atoms with Crippen molar-refractivity contribution in [1.29, 1.82) is 0 Å². The molecule has 1 aromatic carbocycles. The number of nitrogens with one attached hydrogen (secondary N) is 1. The summed E-state index contributed by atoms with van der Waals surface area (Å²) in [6.07, 6.45) is 6.88. The van der Waals surface area contributed by atoms with Crippen molar-refractivity contribution in [1.82, 2.24) is 5.32 Å². The summed E-state index contributed by atoms with van der Waals surface area (Å²) < 4.78 is 0. The number of halogens is 1. The highest BCUT2D eigenvalue weighted by Crippen LogP contribution is 2.38. The third kappa shape index (κ3) is 2.78. The fourth-order valence-corrected chi connectivity index (χ4v) is 2.93. The quantitative estimate of drug-likeness (QED) is 0.851. The Bertz CT molecular complexity index is 285. The maximum atomic E-state index is 3.38. The molecule has 0 aromatic heterocycles. The lowest BCUT2D eigenvalue weighted by Crippen LogP contribution is -2.38. The van der Waals surface area contributed by atoms with E-state index in [1.807, 2.05) is 0 Å². The first-order valence-electron chi connectivity index (χ1n) is 6.07. The molecule has 0 bridgehead atoms. The molecule has 0 heterocycles. The van der Waals surface area contributed by atoms with Gasteiger partial charge >= 0.3 is 0 Å². The van der Waals surface area contributed by atoms with E-state index in [4.69, 9.17) is 0 Å². The number of likely N-dealkylation sites (N-methyl/N-ethyl adjacent to an activating group) is 1. The zero-order valence-electron chi connectivity index (χ0n) is 10.0. The van der Waals surface area contributed by atoms with Gasteiger partial charge in [0.1, 0.15) is 0 Å². The predicted octanol–water partition coefficient (Wildman–Crippen LogP) is 3.53. The van der Waals surface area contributed by atoms with E-state index >= 15 is 0 Å². The van der Waals surface area contributed by atoms with Crippen molar-refractivity contribution < 1.29 is 0 Å². The standard InChI is InChI=1S/C14H21N.ClH/c1-15-12-14(10-6-3-7-11-14)13-8-4-2-5-9-13;/h2,4-5,8-9,15H,3,6-7,10-12H2,1H3;1H. The summed E-state index contributed by atoms with van der Waals surface area (Å²) >= 11 is 0. The number of rotatable bonds is 3. The highest BCUT2D eigenvalue weighted by Gasteiger charge is 2.32. The van der Waals surface area contributed by atoms with Gasteiger partial charge in [-0.25, -0.2) is 0 Å². The summed E-state index contributed by atoms with van der Waals surface area (Å²) in [7, 11) is 2.07. The van der Waals surface area contributed by atoms with Crippen LogP contribution >= 0.6 is 12.4 Å². The minimum absolute atomic E-state index is 0. The lowest BCUT2D eigenvalue weighted by atomic mass is 9.69. The molecule has 0 saturated heterocycles. The van der Waals surface area contributed by atoms with Crippen LogP contribution < -0.4 is 5.32 Å². The van der Waals surface area contributed by atoms with Crippen molar-refractivity contribution in [2.24, 2.45) is 0 Å². The first-order valence-corrected chi connectivity index (χ1v) is 6.07. The van der Waals surface area contributed by atoms with Crippen molar-refractivity contribution >= 4 is 12.4 Å². The molecule has 1 aliphatic rings. The first kappa shape index (κ1) is 13.5. The Hall–Kier alpha value is -0.530. The van der Waals surface area contributed by atoms with Gasteiger partial charge in [-0.3, -0.25) is 0 Å². The lowest BCUT2D eigenvalue weighted by Gasteiger charge is -2.38. The third-order valence-corrected chi connectivity index (χ3v) is 3.71. The van der Waals surface area contributed by atoms with Gasteiger partial charge in [-0.1, -0.05) is 49.6 Å². The van der Waals surface area contributed by atoms with Gasteiger partial charge in [0.05, 0.1) is 0 Å². The van der Waals surface area contributed by atoms with E-state index in [0.29, 0.717) is 5.41 Å². The van der Waals surface area contributed by atoms with Gasteiger partial charge in [0.25, 0.3) is 0 Å². The normalized spacial score (nSPS) is 18.8. The van der Waals surface area contributed by atoms with Crippen LogP contribution in [-0.2, 0) is 5.41 Å². The molecule has 2 rings (SSSR count). The monoisotopic (exact) mass is 239 g/mol. The van der Waals surface area contributed by atoms with Gasteiger partial charge in [0, 0.05) is 12.0 Å². The van der Waals surface area contributed by atoms with E-state index in [1.54, 1.807) is 0 Å². The van der Waals surface area contributed by atoms with Crippen LogP contribution in [0.2, 0.25) is 0 Å². The lowest BCUT2D eigenvalue weighted by molar-refractivity contribution is 0.286. The molecular weight excluding hydrogens is 218 g/mol. The minimum Gasteiger partial charge on any atom is -0.319 e. The molecule has 1 aromatic rings. The first-order chi connectivity index (χ1) is 7.37. The average molecular weight is 240 g/mol. The number of benzene rings is 1. The molecule has 1 fully saturated rings. The smallest absolute Gasteiger partial charge is 0.00776 e. The predicted molar refractivity (Wildman–Crippen MR) is 72.4 cm³/mol. The van der Waals surface area contributed by atoms with E-state index in [2.05, 4.69) is 42.7 Å². The second kappa shape index (κ2) is 6.27. The van der Waals surface area contributed by atoms with E-state index in [1.165, 1.54) is 37.7 Å². The zero-order chi connectivity index (χ0) is 10.6. The van der Waals surface area contributed by atoms with Crippen LogP contribution in [0.15, 0.2) is 30.3 Å². The van der Waals surface area contributed by atoms with Gasteiger partial charge in [-0.15, -0.1) is 12.4 Å². The highest BCUT2D eigenvalue weighted by atomic mass is 35.5.